The number of hydrogen-bond donors (Lipinski definition) is 0. The third kappa shape index (κ3) is 3.23. The Morgan fingerprint density at radius 2 is 1.14 bits per heavy atom. The van der Waals surface area contributed by atoms with E-state index in [1.54, 1.807) is 0 Å². The molecule has 6 heteroatoms. The van der Waals surface area contributed by atoms with Crippen molar-refractivity contribution in [2.75, 3.05) is 0 Å². The molecule has 0 rings (SSSR count). The van der Waals surface area contributed by atoms with Gasteiger partial charge in [0.05, 0.1) is 0 Å². The molecule has 0 aromatic rings. The first-order valence-electron chi connectivity index (χ1n) is 3.83. The van der Waals surface area contributed by atoms with E-state index in [4.69, 9.17) is 0 Å². The molecular weight excluding hydrogens is 210 g/mol. The highest BCUT2D eigenvalue weighted by Crippen LogP contribution is 2.41. The van der Waals surface area contributed by atoms with Crippen LogP contribution < -0.4 is 0 Å². The standard InChI is InChI=1S/C8H10F6/c1-4(2)5(3)6(7(9,10)11)8(12,13)14/h4H,1-3H3. The Bertz CT molecular complexity index is 213. The van der Waals surface area contributed by atoms with Crippen LogP contribution in [-0.2, 0) is 0 Å². The molecule has 0 N–H and O–H groups in total. The molecule has 0 spiro atoms. The summed E-state index contributed by atoms with van der Waals surface area (Å²) in [5.74, 6) is -0.784. The summed E-state index contributed by atoms with van der Waals surface area (Å²) in [7, 11) is 0. The lowest BCUT2D eigenvalue weighted by atomic mass is 9.98. The third-order valence-electron chi connectivity index (χ3n) is 1.83. The van der Waals surface area contributed by atoms with E-state index < -0.39 is 29.4 Å². The molecule has 0 heterocycles. The van der Waals surface area contributed by atoms with E-state index in [9.17, 15) is 26.3 Å². The second kappa shape index (κ2) is 3.82. The zero-order valence-corrected chi connectivity index (χ0v) is 7.85. The van der Waals surface area contributed by atoms with Crippen molar-refractivity contribution in [2.24, 2.45) is 5.92 Å². The summed E-state index contributed by atoms with van der Waals surface area (Å²) in [6, 6.07) is 0. The second-order valence-corrected chi connectivity index (χ2v) is 3.21. The van der Waals surface area contributed by atoms with E-state index in [0.717, 1.165) is 6.92 Å². The Hall–Kier alpha value is -0.680. The van der Waals surface area contributed by atoms with E-state index in [1.807, 2.05) is 0 Å². The lowest BCUT2D eigenvalue weighted by molar-refractivity contribution is -0.173. The highest BCUT2D eigenvalue weighted by molar-refractivity contribution is 5.23. The van der Waals surface area contributed by atoms with Gasteiger partial charge in [0.1, 0.15) is 5.57 Å². The molecule has 14 heavy (non-hydrogen) atoms. The molecule has 0 aromatic heterocycles. The fourth-order valence-corrected chi connectivity index (χ4v) is 0.897. The van der Waals surface area contributed by atoms with Gasteiger partial charge in [-0.2, -0.15) is 26.3 Å². The van der Waals surface area contributed by atoms with Crippen LogP contribution in [0, 0.1) is 5.92 Å². The molecule has 0 aromatic carbocycles. The molecule has 0 radical (unpaired) electrons. The minimum absolute atomic E-state index is 0.690. The number of alkyl halides is 6. The average molecular weight is 220 g/mol. The van der Waals surface area contributed by atoms with Crippen LogP contribution in [0.2, 0.25) is 0 Å². The molecule has 0 bridgehead atoms. The summed E-state index contributed by atoms with van der Waals surface area (Å²) in [5.41, 5.74) is -3.08. The summed E-state index contributed by atoms with van der Waals surface area (Å²) in [6.07, 6.45) is -10.7. The Kier molecular flexibility index (Phi) is 3.64. The normalized spacial score (nSPS) is 13.3. The number of halogens is 6. The molecule has 84 valence electrons. The average Bonchev–Trinajstić information content (AvgIpc) is 1.79. The van der Waals surface area contributed by atoms with E-state index >= 15 is 0 Å². The number of allylic oxidation sites excluding steroid dienone is 2. The summed E-state index contributed by atoms with van der Waals surface area (Å²) in [4.78, 5) is 0. The van der Waals surface area contributed by atoms with E-state index in [1.165, 1.54) is 13.8 Å². The van der Waals surface area contributed by atoms with Crippen molar-refractivity contribution >= 4 is 0 Å². The molecule has 0 atom stereocenters. The predicted octanol–water partition coefficient (Wildman–Crippen LogP) is 4.08. The first kappa shape index (κ1) is 13.3. The van der Waals surface area contributed by atoms with Gasteiger partial charge >= 0.3 is 12.4 Å². The van der Waals surface area contributed by atoms with Crippen LogP contribution in [0.5, 0.6) is 0 Å². The molecule has 0 fully saturated rings. The lowest BCUT2D eigenvalue weighted by Crippen LogP contribution is -2.28. The van der Waals surface area contributed by atoms with Crippen molar-refractivity contribution in [3.05, 3.63) is 11.1 Å². The Balaban J connectivity index is 5.46. The maximum atomic E-state index is 12.0. The quantitative estimate of drug-likeness (QED) is 0.461. The van der Waals surface area contributed by atoms with Gasteiger partial charge in [0.25, 0.3) is 0 Å². The zero-order valence-electron chi connectivity index (χ0n) is 7.85. The minimum atomic E-state index is -5.34. The fraction of sp³-hybridized carbons (Fsp3) is 0.750. The van der Waals surface area contributed by atoms with Crippen molar-refractivity contribution in [3.63, 3.8) is 0 Å². The van der Waals surface area contributed by atoms with Gasteiger partial charge in [-0.3, -0.25) is 0 Å². The van der Waals surface area contributed by atoms with Gasteiger partial charge in [-0.1, -0.05) is 19.4 Å². The van der Waals surface area contributed by atoms with Gasteiger partial charge in [0.2, 0.25) is 0 Å². The lowest BCUT2D eigenvalue weighted by Gasteiger charge is -2.19. The van der Waals surface area contributed by atoms with E-state index in [-0.39, 0.29) is 0 Å². The van der Waals surface area contributed by atoms with Crippen LogP contribution in [0.4, 0.5) is 26.3 Å². The molecule has 0 saturated heterocycles. The van der Waals surface area contributed by atoms with Gasteiger partial charge in [-0.05, 0) is 12.8 Å². The van der Waals surface area contributed by atoms with Gasteiger partial charge in [0, 0.05) is 0 Å². The second-order valence-electron chi connectivity index (χ2n) is 3.21. The topological polar surface area (TPSA) is 0 Å². The molecular formula is C8H10F6. The van der Waals surface area contributed by atoms with Crippen LogP contribution in [0.15, 0.2) is 11.1 Å². The predicted molar refractivity (Wildman–Crippen MR) is 39.6 cm³/mol. The van der Waals surface area contributed by atoms with Gasteiger partial charge in [-0.15, -0.1) is 0 Å². The van der Waals surface area contributed by atoms with E-state index in [2.05, 4.69) is 0 Å². The zero-order chi connectivity index (χ0) is 11.7. The van der Waals surface area contributed by atoms with Gasteiger partial charge in [-0.25, -0.2) is 0 Å². The minimum Gasteiger partial charge on any atom is -0.166 e. The molecule has 0 nitrogen and oxygen atoms in total. The van der Waals surface area contributed by atoms with Crippen LogP contribution in [0.1, 0.15) is 20.8 Å². The van der Waals surface area contributed by atoms with Crippen molar-refractivity contribution in [1.29, 1.82) is 0 Å². The molecule has 0 aliphatic rings. The fourth-order valence-electron chi connectivity index (χ4n) is 0.897. The van der Waals surface area contributed by atoms with Crippen molar-refractivity contribution < 1.29 is 26.3 Å². The van der Waals surface area contributed by atoms with E-state index in [0.29, 0.717) is 0 Å². The number of hydrogen-bond acceptors (Lipinski definition) is 0. The van der Waals surface area contributed by atoms with Crippen molar-refractivity contribution in [1.82, 2.24) is 0 Å². The number of rotatable bonds is 1. The van der Waals surface area contributed by atoms with Crippen LogP contribution in [0.3, 0.4) is 0 Å². The molecule has 0 aliphatic carbocycles. The Morgan fingerprint density at radius 3 is 1.21 bits per heavy atom. The summed E-state index contributed by atoms with van der Waals surface area (Å²) < 4.78 is 72.3. The first-order chi connectivity index (χ1) is 5.98. The first-order valence-corrected chi connectivity index (χ1v) is 3.83. The maximum Gasteiger partial charge on any atom is 0.421 e. The van der Waals surface area contributed by atoms with Crippen LogP contribution in [-0.4, -0.2) is 12.4 Å². The third-order valence-corrected chi connectivity index (χ3v) is 1.83. The Morgan fingerprint density at radius 1 is 0.857 bits per heavy atom. The highest BCUT2D eigenvalue weighted by Gasteiger charge is 2.52. The smallest absolute Gasteiger partial charge is 0.166 e. The van der Waals surface area contributed by atoms with Crippen LogP contribution >= 0.6 is 0 Å². The monoisotopic (exact) mass is 220 g/mol. The molecule has 0 aliphatic heterocycles. The Labute approximate surface area is 77.6 Å². The summed E-state index contributed by atoms with van der Waals surface area (Å²) >= 11 is 0. The molecule has 0 unspecified atom stereocenters. The maximum absolute atomic E-state index is 12.0. The SMILES string of the molecule is CC(=C(C(F)(F)F)C(F)(F)F)C(C)C. The largest absolute Gasteiger partial charge is 0.421 e. The molecule has 0 saturated carbocycles. The van der Waals surface area contributed by atoms with Gasteiger partial charge in [0.15, 0.2) is 0 Å². The van der Waals surface area contributed by atoms with Crippen LogP contribution in [0.25, 0.3) is 0 Å². The van der Waals surface area contributed by atoms with Gasteiger partial charge < -0.3 is 0 Å². The van der Waals surface area contributed by atoms with Crippen molar-refractivity contribution in [2.45, 2.75) is 33.1 Å². The summed E-state index contributed by atoms with van der Waals surface area (Å²) in [6.45, 7) is 3.42. The highest BCUT2D eigenvalue weighted by atomic mass is 19.4. The van der Waals surface area contributed by atoms with Crippen molar-refractivity contribution in [3.8, 4) is 0 Å². The summed E-state index contributed by atoms with van der Waals surface area (Å²) in [5, 5.41) is 0. The molecule has 0 amide bonds.